The Hall–Kier alpha value is -1.63. The molecule has 0 saturated carbocycles. The third-order valence-electron chi connectivity index (χ3n) is 2.85. The first-order chi connectivity index (χ1) is 9.62. The summed E-state index contributed by atoms with van der Waals surface area (Å²) in [6.07, 6.45) is 1.02. The molecule has 0 aliphatic heterocycles. The molecule has 0 fully saturated rings. The van der Waals surface area contributed by atoms with Crippen LogP contribution in [0.15, 0.2) is 24.3 Å². The Morgan fingerprint density at radius 3 is 2.19 bits per heavy atom. The third-order valence-corrected chi connectivity index (χ3v) is 4.10. The lowest BCUT2D eigenvalue weighted by molar-refractivity contribution is -0.121. The van der Waals surface area contributed by atoms with E-state index in [-0.39, 0.29) is 11.6 Å². The van der Waals surface area contributed by atoms with Gasteiger partial charge in [-0.05, 0) is 37.1 Å². The van der Waals surface area contributed by atoms with Gasteiger partial charge >= 0.3 is 0 Å². The first kappa shape index (κ1) is 17.4. The summed E-state index contributed by atoms with van der Waals surface area (Å²) in [5.41, 5.74) is 0.256. The molecule has 0 radical (unpaired) electrons. The average Bonchev–Trinajstić information content (AvgIpc) is 2.36. The van der Waals surface area contributed by atoms with E-state index in [0.717, 1.165) is 22.7 Å². The van der Waals surface area contributed by atoms with Crippen LogP contribution in [-0.4, -0.2) is 33.2 Å². The number of sulfonamides is 1. The minimum Gasteiger partial charge on any atom is -0.354 e. The number of hydrogen-bond acceptors (Lipinski definition) is 3. The van der Waals surface area contributed by atoms with Crippen LogP contribution >= 0.6 is 0 Å². The van der Waals surface area contributed by atoms with Crippen molar-refractivity contribution in [2.24, 2.45) is 5.92 Å². The van der Waals surface area contributed by atoms with Gasteiger partial charge in [0.25, 0.3) is 0 Å². The van der Waals surface area contributed by atoms with Crippen LogP contribution in [0.4, 0.5) is 10.1 Å². The number of halogens is 1. The van der Waals surface area contributed by atoms with Gasteiger partial charge in [0.1, 0.15) is 11.9 Å². The molecule has 5 nitrogen and oxygen atoms in total. The fourth-order valence-corrected chi connectivity index (χ4v) is 3.02. The molecule has 0 saturated heterocycles. The maximum atomic E-state index is 13.0. The molecule has 0 aliphatic carbocycles. The molecule has 1 atom stereocenters. The van der Waals surface area contributed by atoms with E-state index in [2.05, 4.69) is 5.32 Å². The molecule has 1 N–H and O–H groups in total. The highest BCUT2D eigenvalue weighted by molar-refractivity contribution is 7.92. The number of benzene rings is 1. The fraction of sp³-hybridized carbons (Fsp3) is 0.500. The van der Waals surface area contributed by atoms with E-state index in [4.69, 9.17) is 0 Å². The molecule has 21 heavy (non-hydrogen) atoms. The third kappa shape index (κ3) is 5.00. The zero-order valence-electron chi connectivity index (χ0n) is 12.6. The molecule has 1 amide bonds. The normalized spacial score (nSPS) is 13.0. The summed E-state index contributed by atoms with van der Waals surface area (Å²) >= 11 is 0. The first-order valence-corrected chi connectivity index (χ1v) is 8.50. The van der Waals surface area contributed by atoms with Crippen LogP contribution in [0.5, 0.6) is 0 Å². The minimum absolute atomic E-state index is 0.256. The number of amides is 1. The lowest BCUT2D eigenvalue weighted by Crippen LogP contribution is -2.48. The van der Waals surface area contributed by atoms with Crippen LogP contribution < -0.4 is 9.62 Å². The molecule has 1 unspecified atom stereocenters. The van der Waals surface area contributed by atoms with Crippen molar-refractivity contribution in [3.8, 4) is 0 Å². The highest BCUT2D eigenvalue weighted by Crippen LogP contribution is 2.21. The van der Waals surface area contributed by atoms with Crippen molar-refractivity contribution in [2.45, 2.75) is 26.8 Å². The summed E-state index contributed by atoms with van der Waals surface area (Å²) in [7, 11) is -3.66. The summed E-state index contributed by atoms with van der Waals surface area (Å²) in [5, 5.41) is 2.70. The number of nitrogens with zero attached hydrogens (tertiary/aromatic N) is 1. The van der Waals surface area contributed by atoms with E-state index < -0.39 is 27.8 Å². The van der Waals surface area contributed by atoms with E-state index >= 15 is 0 Å². The monoisotopic (exact) mass is 316 g/mol. The molecule has 0 bridgehead atoms. The summed E-state index contributed by atoms with van der Waals surface area (Å²) in [4.78, 5) is 12.1. The van der Waals surface area contributed by atoms with E-state index in [1.807, 2.05) is 13.8 Å². The second-order valence-electron chi connectivity index (χ2n) is 5.35. The average molecular weight is 316 g/mol. The molecule has 1 aromatic carbocycles. The topological polar surface area (TPSA) is 66.5 Å². The molecule has 1 aromatic rings. The van der Waals surface area contributed by atoms with Gasteiger partial charge in [-0.2, -0.15) is 0 Å². The van der Waals surface area contributed by atoms with Gasteiger partial charge in [0.2, 0.25) is 15.9 Å². The van der Waals surface area contributed by atoms with Gasteiger partial charge in [-0.15, -0.1) is 0 Å². The molecule has 0 aliphatic rings. The number of carbonyl (C=O) groups excluding carboxylic acids is 1. The van der Waals surface area contributed by atoms with Crippen molar-refractivity contribution in [1.82, 2.24) is 5.32 Å². The standard InChI is InChI=1S/C14H21FN2O3S/c1-10(2)9-16-14(18)11(3)17(21(4,19)20)13-7-5-12(15)6-8-13/h5-8,10-11H,9H2,1-4H3,(H,16,18). The summed E-state index contributed by atoms with van der Waals surface area (Å²) in [6.45, 7) is 5.85. The summed E-state index contributed by atoms with van der Waals surface area (Å²) in [5.74, 6) is -0.596. The molecule has 118 valence electrons. The number of nitrogens with one attached hydrogen (secondary N) is 1. The number of anilines is 1. The molecule has 7 heteroatoms. The van der Waals surface area contributed by atoms with Crippen LogP contribution in [0, 0.1) is 11.7 Å². The van der Waals surface area contributed by atoms with Crippen molar-refractivity contribution >= 4 is 21.6 Å². The lowest BCUT2D eigenvalue weighted by Gasteiger charge is -2.28. The fourth-order valence-electron chi connectivity index (χ4n) is 1.85. The number of rotatable bonds is 6. The van der Waals surface area contributed by atoms with Gasteiger partial charge < -0.3 is 5.32 Å². The van der Waals surface area contributed by atoms with Gasteiger partial charge in [0.05, 0.1) is 11.9 Å². The van der Waals surface area contributed by atoms with Gasteiger partial charge in [0, 0.05) is 6.54 Å². The Morgan fingerprint density at radius 1 is 1.24 bits per heavy atom. The van der Waals surface area contributed by atoms with Crippen molar-refractivity contribution < 1.29 is 17.6 Å². The predicted molar refractivity (Wildman–Crippen MR) is 81.0 cm³/mol. The number of carbonyl (C=O) groups is 1. The molecular formula is C14H21FN2O3S. The van der Waals surface area contributed by atoms with Crippen LogP contribution in [0.2, 0.25) is 0 Å². The van der Waals surface area contributed by atoms with E-state index in [0.29, 0.717) is 6.54 Å². The number of hydrogen-bond donors (Lipinski definition) is 1. The Morgan fingerprint density at radius 2 is 1.76 bits per heavy atom. The summed E-state index contributed by atoms with van der Waals surface area (Å²) in [6, 6.07) is 4.08. The van der Waals surface area contributed by atoms with Crippen LogP contribution in [-0.2, 0) is 14.8 Å². The lowest BCUT2D eigenvalue weighted by atomic mass is 10.2. The van der Waals surface area contributed by atoms with Gasteiger partial charge in [-0.3, -0.25) is 9.10 Å². The van der Waals surface area contributed by atoms with Crippen molar-refractivity contribution in [2.75, 3.05) is 17.1 Å². The largest absolute Gasteiger partial charge is 0.354 e. The van der Waals surface area contributed by atoms with E-state index in [1.54, 1.807) is 0 Å². The van der Waals surface area contributed by atoms with E-state index in [1.165, 1.54) is 19.1 Å². The molecular weight excluding hydrogens is 295 g/mol. The zero-order valence-corrected chi connectivity index (χ0v) is 13.4. The van der Waals surface area contributed by atoms with Gasteiger partial charge in [-0.25, -0.2) is 12.8 Å². The molecule has 0 aromatic heterocycles. The Kier molecular flexibility index (Phi) is 5.71. The van der Waals surface area contributed by atoms with Crippen molar-refractivity contribution in [3.63, 3.8) is 0 Å². The SMILES string of the molecule is CC(C)CNC(=O)C(C)N(c1ccc(F)cc1)S(C)(=O)=O. The smallest absolute Gasteiger partial charge is 0.243 e. The van der Waals surface area contributed by atoms with Gasteiger partial charge in [-0.1, -0.05) is 13.8 Å². The molecule has 0 heterocycles. The zero-order chi connectivity index (χ0) is 16.2. The van der Waals surface area contributed by atoms with Crippen molar-refractivity contribution in [1.29, 1.82) is 0 Å². The first-order valence-electron chi connectivity index (χ1n) is 6.65. The van der Waals surface area contributed by atoms with Crippen LogP contribution in [0.25, 0.3) is 0 Å². The van der Waals surface area contributed by atoms with Crippen LogP contribution in [0.3, 0.4) is 0 Å². The Labute approximate surface area is 125 Å². The Bertz CT molecular complexity index is 585. The Balaban J connectivity index is 3.03. The summed E-state index contributed by atoms with van der Waals surface area (Å²) < 4.78 is 37.9. The quantitative estimate of drug-likeness (QED) is 0.869. The minimum atomic E-state index is -3.66. The second-order valence-corrected chi connectivity index (χ2v) is 7.21. The van der Waals surface area contributed by atoms with E-state index in [9.17, 15) is 17.6 Å². The van der Waals surface area contributed by atoms with Gasteiger partial charge in [0.15, 0.2) is 0 Å². The predicted octanol–water partition coefficient (Wildman–Crippen LogP) is 1.75. The molecule has 1 rings (SSSR count). The van der Waals surface area contributed by atoms with Crippen molar-refractivity contribution in [3.05, 3.63) is 30.1 Å². The maximum Gasteiger partial charge on any atom is 0.243 e. The van der Waals surface area contributed by atoms with Crippen LogP contribution in [0.1, 0.15) is 20.8 Å². The molecule has 0 spiro atoms. The highest BCUT2D eigenvalue weighted by Gasteiger charge is 2.28. The second kappa shape index (κ2) is 6.89. The maximum absolute atomic E-state index is 13.0. The highest BCUT2D eigenvalue weighted by atomic mass is 32.2.